The Morgan fingerprint density at radius 3 is 2.94 bits per heavy atom. The second-order valence-corrected chi connectivity index (χ2v) is 4.50. The fourth-order valence-electron chi connectivity index (χ4n) is 1.17. The van der Waals surface area contributed by atoms with Crippen LogP contribution in [0, 0.1) is 11.3 Å². The molecule has 1 aromatic heterocycles. The van der Waals surface area contributed by atoms with Crippen LogP contribution >= 0.6 is 11.3 Å². The van der Waals surface area contributed by atoms with Crippen LogP contribution in [0.25, 0.3) is 0 Å². The zero-order chi connectivity index (χ0) is 13.5. The number of thiophene rings is 1. The van der Waals surface area contributed by atoms with E-state index < -0.39 is 12.0 Å². The van der Waals surface area contributed by atoms with Crippen molar-refractivity contribution < 1.29 is 14.7 Å². The first-order chi connectivity index (χ1) is 8.54. The summed E-state index contributed by atoms with van der Waals surface area (Å²) in [6.07, 6.45) is 0.153. The first-order valence-electron chi connectivity index (χ1n) is 5.28. The molecule has 3 N–H and O–H groups in total. The average Bonchev–Trinajstić information content (AvgIpc) is 2.75. The lowest BCUT2D eigenvalue weighted by Gasteiger charge is -2.08. The van der Waals surface area contributed by atoms with Crippen LogP contribution in [0.15, 0.2) is 11.4 Å². The van der Waals surface area contributed by atoms with Gasteiger partial charge in [-0.05, 0) is 18.4 Å². The van der Waals surface area contributed by atoms with Crippen LogP contribution in [0.2, 0.25) is 0 Å². The fourth-order valence-corrected chi connectivity index (χ4v) is 1.93. The van der Waals surface area contributed by atoms with Crippen LogP contribution in [-0.2, 0) is 9.59 Å². The van der Waals surface area contributed by atoms with Gasteiger partial charge in [0, 0.05) is 13.0 Å². The van der Waals surface area contributed by atoms with Gasteiger partial charge in [-0.2, -0.15) is 5.26 Å². The Bertz CT molecular complexity index is 478. The fraction of sp³-hybridized carbons (Fsp3) is 0.364. The van der Waals surface area contributed by atoms with E-state index in [-0.39, 0.29) is 18.9 Å². The number of nitrogens with zero attached hydrogens (tertiary/aromatic N) is 1. The first-order valence-corrected chi connectivity index (χ1v) is 6.16. The maximum Gasteiger partial charge on any atom is 0.320 e. The van der Waals surface area contributed by atoms with E-state index in [0.29, 0.717) is 10.6 Å². The summed E-state index contributed by atoms with van der Waals surface area (Å²) in [4.78, 5) is 22.0. The molecule has 0 aromatic carbocycles. The maximum absolute atomic E-state index is 11.5. The van der Waals surface area contributed by atoms with Crippen molar-refractivity contribution in [2.45, 2.75) is 19.4 Å². The van der Waals surface area contributed by atoms with Crippen LogP contribution in [0.4, 0.5) is 5.00 Å². The normalized spacial score (nSPS) is 11.6. The van der Waals surface area contributed by atoms with E-state index in [0.717, 1.165) is 0 Å². The molecule has 0 unspecified atom stereocenters. The van der Waals surface area contributed by atoms with E-state index in [4.69, 9.17) is 10.4 Å². The summed E-state index contributed by atoms with van der Waals surface area (Å²) in [5.74, 6) is -1.21. The molecule has 0 aliphatic carbocycles. The van der Waals surface area contributed by atoms with Gasteiger partial charge >= 0.3 is 5.97 Å². The number of amides is 1. The van der Waals surface area contributed by atoms with Gasteiger partial charge in [0.05, 0.1) is 5.56 Å². The quantitative estimate of drug-likeness (QED) is 0.714. The molecule has 0 saturated heterocycles. The van der Waals surface area contributed by atoms with Crippen molar-refractivity contribution in [3.8, 4) is 6.07 Å². The molecule has 0 bridgehead atoms. The Kier molecular flexibility index (Phi) is 5.30. The molecule has 0 spiro atoms. The maximum atomic E-state index is 11.5. The molecule has 0 aliphatic heterocycles. The molecule has 1 heterocycles. The number of carboxylic acids is 1. The molecule has 0 radical (unpaired) electrons. The number of nitrogens with one attached hydrogen (secondary N) is 2. The molecule has 0 saturated carbocycles. The number of hydrogen-bond donors (Lipinski definition) is 3. The average molecular weight is 267 g/mol. The molecule has 1 atom stereocenters. The third kappa shape index (κ3) is 4.16. The summed E-state index contributed by atoms with van der Waals surface area (Å²) in [6, 6.07) is 2.92. The largest absolute Gasteiger partial charge is 0.480 e. The van der Waals surface area contributed by atoms with E-state index in [1.807, 2.05) is 6.07 Å². The first kappa shape index (κ1) is 14.2. The summed E-state index contributed by atoms with van der Waals surface area (Å²) >= 11 is 1.28. The van der Waals surface area contributed by atoms with Gasteiger partial charge in [0.1, 0.15) is 17.1 Å². The van der Waals surface area contributed by atoms with E-state index in [1.165, 1.54) is 18.3 Å². The zero-order valence-corrected chi connectivity index (χ0v) is 10.6. The molecular formula is C11H13N3O3S. The smallest absolute Gasteiger partial charge is 0.320 e. The molecule has 1 aromatic rings. The van der Waals surface area contributed by atoms with Gasteiger partial charge in [-0.15, -0.1) is 11.3 Å². The SMILES string of the molecule is C[C@@H](NCCC(=O)Nc1sccc1C#N)C(=O)O. The predicted octanol–water partition coefficient (Wildman–Crippen LogP) is 1.01. The highest BCUT2D eigenvalue weighted by Crippen LogP contribution is 2.21. The van der Waals surface area contributed by atoms with Crippen LogP contribution in [0.3, 0.4) is 0 Å². The van der Waals surface area contributed by atoms with Gasteiger partial charge in [0.25, 0.3) is 0 Å². The molecule has 0 fully saturated rings. The second-order valence-electron chi connectivity index (χ2n) is 3.59. The molecule has 0 aliphatic rings. The monoisotopic (exact) mass is 267 g/mol. The number of carbonyl (C=O) groups excluding carboxylic acids is 1. The zero-order valence-electron chi connectivity index (χ0n) is 9.77. The lowest BCUT2D eigenvalue weighted by Crippen LogP contribution is -2.35. The minimum atomic E-state index is -0.958. The van der Waals surface area contributed by atoms with Crippen LogP contribution < -0.4 is 10.6 Å². The lowest BCUT2D eigenvalue weighted by molar-refractivity contribution is -0.139. The van der Waals surface area contributed by atoms with Gasteiger partial charge in [-0.1, -0.05) is 0 Å². The minimum Gasteiger partial charge on any atom is -0.480 e. The van der Waals surface area contributed by atoms with Crippen molar-refractivity contribution in [2.24, 2.45) is 0 Å². The lowest BCUT2D eigenvalue weighted by atomic mass is 10.3. The van der Waals surface area contributed by atoms with Crippen LogP contribution in [0.5, 0.6) is 0 Å². The molecule has 1 rings (SSSR count). The number of rotatable bonds is 6. The van der Waals surface area contributed by atoms with E-state index in [1.54, 1.807) is 11.4 Å². The summed E-state index contributed by atoms with van der Waals surface area (Å²) < 4.78 is 0. The summed E-state index contributed by atoms with van der Waals surface area (Å²) in [5.41, 5.74) is 0.431. The highest BCUT2D eigenvalue weighted by molar-refractivity contribution is 7.14. The predicted molar refractivity (Wildman–Crippen MR) is 67.4 cm³/mol. The van der Waals surface area contributed by atoms with Crippen molar-refractivity contribution in [3.05, 3.63) is 17.0 Å². The van der Waals surface area contributed by atoms with Crippen molar-refractivity contribution in [1.82, 2.24) is 5.32 Å². The van der Waals surface area contributed by atoms with Gasteiger partial charge in [-0.3, -0.25) is 9.59 Å². The summed E-state index contributed by atoms with van der Waals surface area (Å²) in [6.45, 7) is 1.78. The summed E-state index contributed by atoms with van der Waals surface area (Å²) in [5, 5.41) is 24.9. The summed E-state index contributed by atoms with van der Waals surface area (Å²) in [7, 11) is 0. The van der Waals surface area contributed by atoms with E-state index in [9.17, 15) is 9.59 Å². The number of carboxylic acid groups (broad SMARTS) is 1. The second kappa shape index (κ2) is 6.74. The third-order valence-corrected chi connectivity index (χ3v) is 3.04. The number of nitriles is 1. The van der Waals surface area contributed by atoms with Gasteiger partial charge in [0.2, 0.25) is 5.91 Å². The van der Waals surface area contributed by atoms with E-state index >= 15 is 0 Å². The van der Waals surface area contributed by atoms with Crippen molar-refractivity contribution in [2.75, 3.05) is 11.9 Å². The Labute approximate surface area is 108 Å². The molecule has 96 valence electrons. The van der Waals surface area contributed by atoms with E-state index in [2.05, 4.69) is 10.6 Å². The Balaban J connectivity index is 2.35. The van der Waals surface area contributed by atoms with Gasteiger partial charge in [0.15, 0.2) is 0 Å². The molecule has 6 nitrogen and oxygen atoms in total. The molecular weight excluding hydrogens is 254 g/mol. The number of carbonyl (C=O) groups is 2. The number of hydrogen-bond acceptors (Lipinski definition) is 5. The standard InChI is InChI=1S/C11H13N3O3S/c1-7(11(16)17)13-4-2-9(15)14-10-8(6-12)3-5-18-10/h3,5,7,13H,2,4H2,1H3,(H,14,15)(H,16,17)/t7-/m1/s1. The minimum absolute atomic E-state index is 0.153. The topological polar surface area (TPSA) is 102 Å². The molecule has 7 heteroatoms. The third-order valence-electron chi connectivity index (χ3n) is 2.21. The molecule has 18 heavy (non-hydrogen) atoms. The highest BCUT2D eigenvalue weighted by Gasteiger charge is 2.11. The molecule has 1 amide bonds. The number of aliphatic carboxylic acids is 1. The van der Waals surface area contributed by atoms with Gasteiger partial charge < -0.3 is 15.7 Å². The highest BCUT2D eigenvalue weighted by atomic mass is 32.1. The Morgan fingerprint density at radius 2 is 2.33 bits per heavy atom. The van der Waals surface area contributed by atoms with Crippen molar-refractivity contribution in [3.63, 3.8) is 0 Å². The van der Waals surface area contributed by atoms with Gasteiger partial charge in [-0.25, -0.2) is 0 Å². The Hall–Kier alpha value is -1.91. The van der Waals surface area contributed by atoms with Crippen LogP contribution in [-0.4, -0.2) is 29.6 Å². The van der Waals surface area contributed by atoms with Crippen molar-refractivity contribution in [1.29, 1.82) is 5.26 Å². The van der Waals surface area contributed by atoms with Crippen molar-refractivity contribution >= 4 is 28.2 Å². The van der Waals surface area contributed by atoms with Crippen LogP contribution in [0.1, 0.15) is 18.9 Å². The Morgan fingerprint density at radius 1 is 1.61 bits per heavy atom. The number of anilines is 1.